The van der Waals surface area contributed by atoms with Crippen LogP contribution in [0.2, 0.25) is 0 Å². The smallest absolute Gasteiger partial charge is 0.243 e. The number of hydrogen-bond donors (Lipinski definition) is 1. The van der Waals surface area contributed by atoms with Crippen molar-refractivity contribution < 1.29 is 27.4 Å². The fraction of sp³-hybridized carbons (Fsp3) is 0.455. The van der Waals surface area contributed by atoms with Gasteiger partial charge >= 0.3 is 0 Å². The lowest BCUT2D eigenvalue weighted by Gasteiger charge is -2.22. The first kappa shape index (κ1) is 24.8. The van der Waals surface area contributed by atoms with Crippen molar-refractivity contribution in [3.63, 3.8) is 0 Å². The summed E-state index contributed by atoms with van der Waals surface area (Å²) in [6, 6.07) is 5.21. The molecule has 12 nitrogen and oxygen atoms in total. The molecule has 3 aromatic rings. The summed E-state index contributed by atoms with van der Waals surface area (Å²) >= 11 is 0. The van der Waals surface area contributed by atoms with E-state index in [0.29, 0.717) is 28.8 Å². The Morgan fingerprint density at radius 1 is 1.11 bits per heavy atom. The minimum atomic E-state index is -3.96. The topological polar surface area (TPSA) is 140 Å². The number of aryl methyl sites for hydroxylation is 1. The van der Waals surface area contributed by atoms with Crippen molar-refractivity contribution in [2.45, 2.75) is 38.0 Å². The van der Waals surface area contributed by atoms with Gasteiger partial charge in [0.25, 0.3) is 0 Å². The Labute approximate surface area is 203 Å². The molecular weight excluding hydrogens is 476 g/mol. The van der Waals surface area contributed by atoms with Crippen LogP contribution in [0.4, 0.5) is 5.95 Å². The van der Waals surface area contributed by atoms with Crippen molar-refractivity contribution in [1.82, 2.24) is 24.7 Å². The number of anilines is 1. The molecule has 3 atom stereocenters. The largest absolute Gasteiger partial charge is 0.494 e. The van der Waals surface area contributed by atoms with Gasteiger partial charge in [-0.2, -0.15) is 0 Å². The number of nitrogens with one attached hydrogen (secondary N) is 1. The monoisotopic (exact) mass is 504 g/mol. The maximum atomic E-state index is 13.4. The SMILES string of the molecule is COc1cccc(OC)c1-n1c(NS(=O)(=O)[C@@H](C)[C@H](C)c2ncc(C)cn2)nnc1[C@H]1COCO1. The van der Waals surface area contributed by atoms with E-state index >= 15 is 0 Å². The highest BCUT2D eigenvalue weighted by Crippen LogP contribution is 2.38. The molecule has 0 saturated carbocycles. The molecule has 0 unspecified atom stereocenters. The van der Waals surface area contributed by atoms with Crippen LogP contribution in [0.3, 0.4) is 0 Å². The second-order valence-corrected chi connectivity index (χ2v) is 10.2. The third-order valence-corrected chi connectivity index (χ3v) is 7.71. The average Bonchev–Trinajstić information content (AvgIpc) is 3.52. The van der Waals surface area contributed by atoms with E-state index in [1.54, 1.807) is 44.4 Å². The van der Waals surface area contributed by atoms with Crippen LogP contribution in [-0.2, 0) is 19.5 Å². The van der Waals surface area contributed by atoms with Crippen molar-refractivity contribution in [1.29, 1.82) is 0 Å². The molecule has 3 heterocycles. The number of methoxy groups -OCH3 is 2. The van der Waals surface area contributed by atoms with E-state index in [4.69, 9.17) is 18.9 Å². The molecule has 1 fully saturated rings. The Bertz CT molecular complexity index is 1250. The summed E-state index contributed by atoms with van der Waals surface area (Å²) < 4.78 is 53.0. The standard InChI is InChI=1S/C22H28N6O6S/c1-13-9-23-20(24-10-13)14(2)15(3)35(29,30)27-22-26-25-21(18-11-33-12-34-18)28(22)19-16(31-4)7-6-8-17(19)32-5/h6-10,14-15,18H,11-12H2,1-5H3,(H,26,27)/t14-,15-,18+/m0/s1. The molecule has 35 heavy (non-hydrogen) atoms. The van der Waals surface area contributed by atoms with E-state index in [1.807, 2.05) is 6.92 Å². The zero-order chi connectivity index (χ0) is 25.2. The molecule has 188 valence electrons. The number of aromatic nitrogens is 5. The normalized spacial score (nSPS) is 17.7. The van der Waals surface area contributed by atoms with Crippen LogP contribution in [0.25, 0.3) is 5.69 Å². The van der Waals surface area contributed by atoms with Gasteiger partial charge in [0.1, 0.15) is 35.9 Å². The molecule has 0 bridgehead atoms. The van der Waals surface area contributed by atoms with Gasteiger partial charge < -0.3 is 18.9 Å². The highest BCUT2D eigenvalue weighted by Gasteiger charge is 2.34. The molecule has 13 heteroatoms. The zero-order valence-electron chi connectivity index (χ0n) is 20.1. The van der Waals surface area contributed by atoms with Gasteiger partial charge in [-0.15, -0.1) is 10.2 Å². The third-order valence-electron chi connectivity index (χ3n) is 5.86. The molecular formula is C22H28N6O6S. The molecule has 1 aliphatic rings. The van der Waals surface area contributed by atoms with E-state index in [0.717, 1.165) is 5.56 Å². The minimum absolute atomic E-state index is 0.0397. The number of rotatable bonds is 9. The first-order valence-electron chi connectivity index (χ1n) is 10.9. The molecule has 1 aliphatic heterocycles. The van der Waals surface area contributed by atoms with Crippen LogP contribution in [-0.4, -0.2) is 66.0 Å². The molecule has 1 saturated heterocycles. The number of benzene rings is 1. The Morgan fingerprint density at radius 2 is 1.77 bits per heavy atom. The van der Waals surface area contributed by atoms with E-state index in [-0.39, 0.29) is 19.3 Å². The average molecular weight is 505 g/mol. The van der Waals surface area contributed by atoms with Gasteiger partial charge in [-0.05, 0) is 31.5 Å². The quantitative estimate of drug-likeness (QED) is 0.462. The molecule has 0 spiro atoms. The molecule has 0 amide bonds. The Kier molecular flexibility index (Phi) is 7.19. The number of ether oxygens (including phenoxy) is 4. The molecule has 4 rings (SSSR count). The Hall–Kier alpha value is -3.29. The highest BCUT2D eigenvalue weighted by atomic mass is 32.2. The number of hydrogen-bond acceptors (Lipinski definition) is 10. The Balaban J connectivity index is 1.76. The van der Waals surface area contributed by atoms with Gasteiger partial charge in [0.05, 0.1) is 26.1 Å². The fourth-order valence-electron chi connectivity index (χ4n) is 3.66. The van der Waals surface area contributed by atoms with Crippen LogP contribution >= 0.6 is 0 Å². The summed E-state index contributed by atoms with van der Waals surface area (Å²) in [6.45, 7) is 5.55. The van der Waals surface area contributed by atoms with Crippen molar-refractivity contribution in [2.75, 3.05) is 32.3 Å². The van der Waals surface area contributed by atoms with E-state index < -0.39 is 27.3 Å². The van der Waals surface area contributed by atoms with Crippen LogP contribution in [0.1, 0.15) is 43.1 Å². The van der Waals surface area contributed by atoms with Crippen molar-refractivity contribution in [3.05, 3.63) is 47.8 Å². The van der Waals surface area contributed by atoms with Gasteiger partial charge in [0.2, 0.25) is 16.0 Å². The first-order valence-corrected chi connectivity index (χ1v) is 12.5. The zero-order valence-corrected chi connectivity index (χ0v) is 20.9. The summed E-state index contributed by atoms with van der Waals surface area (Å²) in [7, 11) is -0.944. The molecule has 1 N–H and O–H groups in total. The molecule has 0 aliphatic carbocycles. The lowest BCUT2D eigenvalue weighted by Crippen LogP contribution is -2.31. The van der Waals surface area contributed by atoms with Crippen LogP contribution < -0.4 is 14.2 Å². The van der Waals surface area contributed by atoms with Gasteiger partial charge in [0.15, 0.2) is 5.82 Å². The van der Waals surface area contributed by atoms with Gasteiger partial charge in [-0.3, -0.25) is 9.29 Å². The van der Waals surface area contributed by atoms with E-state index in [2.05, 4.69) is 24.9 Å². The second kappa shape index (κ2) is 10.1. The van der Waals surface area contributed by atoms with E-state index in [9.17, 15) is 8.42 Å². The van der Waals surface area contributed by atoms with Crippen molar-refractivity contribution in [2.24, 2.45) is 0 Å². The number of para-hydroxylation sites is 1. The maximum absolute atomic E-state index is 13.4. The lowest BCUT2D eigenvalue weighted by atomic mass is 10.1. The number of nitrogens with zero attached hydrogens (tertiary/aromatic N) is 5. The lowest BCUT2D eigenvalue weighted by molar-refractivity contribution is 0.0438. The van der Waals surface area contributed by atoms with Gasteiger partial charge in [-0.1, -0.05) is 13.0 Å². The Morgan fingerprint density at radius 3 is 2.34 bits per heavy atom. The number of sulfonamides is 1. The van der Waals surface area contributed by atoms with Gasteiger partial charge in [-0.25, -0.2) is 18.4 Å². The van der Waals surface area contributed by atoms with Crippen LogP contribution in [0, 0.1) is 6.92 Å². The van der Waals surface area contributed by atoms with Crippen LogP contribution in [0.5, 0.6) is 11.5 Å². The molecule has 0 radical (unpaired) electrons. The summed E-state index contributed by atoms with van der Waals surface area (Å²) in [6.07, 6.45) is 2.76. The summed E-state index contributed by atoms with van der Waals surface area (Å²) in [4.78, 5) is 8.57. The highest BCUT2D eigenvalue weighted by molar-refractivity contribution is 7.93. The van der Waals surface area contributed by atoms with Gasteiger partial charge in [0, 0.05) is 18.3 Å². The summed E-state index contributed by atoms with van der Waals surface area (Å²) in [5.41, 5.74) is 1.31. The fourth-order valence-corrected chi connectivity index (χ4v) is 4.89. The van der Waals surface area contributed by atoms with E-state index in [1.165, 1.54) is 18.8 Å². The minimum Gasteiger partial charge on any atom is -0.494 e. The molecule has 2 aromatic heterocycles. The summed E-state index contributed by atoms with van der Waals surface area (Å²) in [5.74, 6) is 1.10. The predicted molar refractivity (Wildman–Crippen MR) is 126 cm³/mol. The summed E-state index contributed by atoms with van der Waals surface area (Å²) in [5, 5.41) is 7.49. The second-order valence-electron chi connectivity index (χ2n) is 8.13. The predicted octanol–water partition coefficient (Wildman–Crippen LogP) is 2.36. The molecule has 1 aromatic carbocycles. The van der Waals surface area contributed by atoms with Crippen molar-refractivity contribution >= 4 is 16.0 Å². The maximum Gasteiger partial charge on any atom is 0.243 e. The first-order chi connectivity index (χ1) is 16.8. The third kappa shape index (κ3) is 4.92. The van der Waals surface area contributed by atoms with Crippen LogP contribution in [0.15, 0.2) is 30.6 Å². The van der Waals surface area contributed by atoms with Crippen molar-refractivity contribution in [3.8, 4) is 17.2 Å².